The molecule has 1 aliphatic carbocycles. The highest BCUT2D eigenvalue weighted by Gasteiger charge is 2.44. The minimum Gasteiger partial charge on any atom is -0.403 e. The number of carbonyl (C=O) groups is 1. The Kier molecular flexibility index (Phi) is 4.61. The van der Waals surface area contributed by atoms with Gasteiger partial charge in [-0.3, -0.25) is 9.20 Å². The summed E-state index contributed by atoms with van der Waals surface area (Å²) in [4.78, 5) is 27.7. The molecule has 13 heteroatoms. The number of hydrogen-bond acceptors (Lipinski definition) is 7. The van der Waals surface area contributed by atoms with Gasteiger partial charge in [-0.05, 0) is 29.3 Å². The highest BCUT2D eigenvalue weighted by atomic mass is 19.4. The SMILES string of the molecule is Nc1nc2cnc(C(=O)N3CCO[C@@H]4Cc5cc(OC(F)(F)F)c(F)cc5[C@@H]43)cc2n2cncc12. The Hall–Kier alpha value is -4.00. The van der Waals surface area contributed by atoms with Crippen LogP contribution >= 0.6 is 0 Å². The summed E-state index contributed by atoms with van der Waals surface area (Å²) < 4.78 is 63.7. The Morgan fingerprint density at radius 1 is 1.20 bits per heavy atom. The topological polar surface area (TPSA) is 108 Å². The van der Waals surface area contributed by atoms with Gasteiger partial charge in [0, 0.05) is 13.0 Å². The molecule has 6 rings (SSSR count). The molecule has 1 amide bonds. The predicted molar refractivity (Wildman–Crippen MR) is 113 cm³/mol. The smallest absolute Gasteiger partial charge is 0.403 e. The van der Waals surface area contributed by atoms with E-state index in [9.17, 15) is 22.4 Å². The molecule has 180 valence electrons. The highest BCUT2D eigenvalue weighted by Crippen LogP contribution is 2.43. The van der Waals surface area contributed by atoms with Crippen LogP contribution in [0.3, 0.4) is 0 Å². The molecule has 35 heavy (non-hydrogen) atoms. The number of morpholine rings is 1. The van der Waals surface area contributed by atoms with Crippen LogP contribution in [0.15, 0.2) is 36.9 Å². The molecule has 2 aliphatic rings. The molecule has 0 bridgehead atoms. The zero-order chi connectivity index (χ0) is 24.5. The van der Waals surface area contributed by atoms with Crippen LogP contribution in [-0.2, 0) is 11.2 Å². The maximum atomic E-state index is 14.5. The lowest BCUT2D eigenvalue weighted by Crippen LogP contribution is -2.46. The number of pyridine rings is 1. The van der Waals surface area contributed by atoms with Crippen LogP contribution in [0.2, 0.25) is 0 Å². The zero-order valence-electron chi connectivity index (χ0n) is 17.8. The highest BCUT2D eigenvalue weighted by molar-refractivity contribution is 5.96. The van der Waals surface area contributed by atoms with Gasteiger partial charge >= 0.3 is 6.36 Å². The van der Waals surface area contributed by atoms with Gasteiger partial charge in [0.1, 0.15) is 22.5 Å². The summed E-state index contributed by atoms with van der Waals surface area (Å²) in [5, 5.41) is 0. The number of ether oxygens (including phenoxy) is 2. The lowest BCUT2D eigenvalue weighted by molar-refractivity contribution is -0.275. The first kappa shape index (κ1) is 21.5. The van der Waals surface area contributed by atoms with E-state index in [1.807, 2.05) is 0 Å². The van der Waals surface area contributed by atoms with E-state index in [0.717, 1.165) is 12.1 Å². The third-order valence-electron chi connectivity index (χ3n) is 6.25. The molecular weight excluding hydrogens is 472 g/mol. The monoisotopic (exact) mass is 488 g/mol. The second-order valence-corrected chi connectivity index (χ2v) is 8.29. The van der Waals surface area contributed by atoms with Gasteiger partial charge in [-0.15, -0.1) is 13.2 Å². The number of aromatic nitrogens is 4. The number of imidazole rings is 1. The van der Waals surface area contributed by atoms with Crippen molar-refractivity contribution < 1.29 is 31.8 Å². The zero-order valence-corrected chi connectivity index (χ0v) is 17.8. The van der Waals surface area contributed by atoms with Gasteiger partial charge in [0.25, 0.3) is 5.91 Å². The van der Waals surface area contributed by atoms with Crippen molar-refractivity contribution >= 4 is 28.3 Å². The van der Waals surface area contributed by atoms with Crippen LogP contribution in [0.4, 0.5) is 23.4 Å². The van der Waals surface area contributed by atoms with Crippen molar-refractivity contribution in [2.75, 3.05) is 18.9 Å². The second kappa shape index (κ2) is 7.50. The molecule has 3 aromatic heterocycles. The van der Waals surface area contributed by atoms with Gasteiger partial charge in [-0.2, -0.15) is 0 Å². The summed E-state index contributed by atoms with van der Waals surface area (Å²) in [5.74, 6) is -2.25. The van der Waals surface area contributed by atoms with E-state index in [4.69, 9.17) is 10.5 Å². The number of nitrogens with zero attached hydrogens (tertiary/aromatic N) is 5. The summed E-state index contributed by atoms with van der Waals surface area (Å²) in [6.07, 6.45) is -0.823. The van der Waals surface area contributed by atoms with Gasteiger partial charge in [0.15, 0.2) is 11.6 Å². The normalized spacial score (nSPS) is 19.7. The van der Waals surface area contributed by atoms with Gasteiger partial charge in [0.05, 0.1) is 43.0 Å². The number of nitrogens with two attached hydrogens (primary N) is 1. The third kappa shape index (κ3) is 3.50. The molecule has 0 radical (unpaired) electrons. The molecule has 1 aromatic carbocycles. The Labute approximate surface area is 194 Å². The van der Waals surface area contributed by atoms with Crippen LogP contribution in [0, 0.1) is 5.82 Å². The fourth-order valence-electron chi connectivity index (χ4n) is 4.83. The maximum Gasteiger partial charge on any atom is 0.573 e. The van der Waals surface area contributed by atoms with Crippen LogP contribution in [0.5, 0.6) is 5.75 Å². The summed E-state index contributed by atoms with van der Waals surface area (Å²) in [7, 11) is 0. The van der Waals surface area contributed by atoms with Crippen molar-refractivity contribution in [3.63, 3.8) is 0 Å². The van der Waals surface area contributed by atoms with E-state index >= 15 is 0 Å². The molecule has 1 saturated heterocycles. The molecule has 0 spiro atoms. The fourth-order valence-corrected chi connectivity index (χ4v) is 4.83. The number of alkyl halides is 3. The van der Waals surface area contributed by atoms with E-state index in [2.05, 4.69) is 19.7 Å². The molecular formula is C22H16F4N6O3. The van der Waals surface area contributed by atoms with Gasteiger partial charge in [0.2, 0.25) is 0 Å². The van der Waals surface area contributed by atoms with Crippen LogP contribution in [0.25, 0.3) is 16.6 Å². The number of rotatable bonds is 2. The Bertz CT molecular complexity index is 1500. The minimum absolute atomic E-state index is 0.116. The van der Waals surface area contributed by atoms with E-state index in [0.29, 0.717) is 27.7 Å². The maximum absolute atomic E-state index is 14.5. The number of benzene rings is 1. The number of anilines is 1. The number of fused-ring (bicyclic) bond motifs is 6. The van der Waals surface area contributed by atoms with Crippen LogP contribution in [0.1, 0.15) is 27.7 Å². The molecule has 0 saturated carbocycles. The average Bonchev–Trinajstić information content (AvgIpc) is 3.43. The fraction of sp³-hybridized carbons (Fsp3) is 0.273. The van der Waals surface area contributed by atoms with Crippen LogP contribution < -0.4 is 10.5 Å². The van der Waals surface area contributed by atoms with Crippen molar-refractivity contribution in [1.29, 1.82) is 0 Å². The molecule has 0 unspecified atom stereocenters. The van der Waals surface area contributed by atoms with Crippen molar-refractivity contribution in [1.82, 2.24) is 24.3 Å². The number of halogens is 4. The average molecular weight is 488 g/mol. The molecule has 2 N–H and O–H groups in total. The van der Waals surface area contributed by atoms with Gasteiger partial charge in [-0.1, -0.05) is 0 Å². The first-order valence-electron chi connectivity index (χ1n) is 10.6. The number of hydrogen-bond donors (Lipinski definition) is 1. The largest absolute Gasteiger partial charge is 0.573 e. The Morgan fingerprint density at radius 2 is 2.03 bits per heavy atom. The lowest BCUT2D eigenvalue weighted by Gasteiger charge is -2.38. The Morgan fingerprint density at radius 3 is 2.83 bits per heavy atom. The molecule has 1 aliphatic heterocycles. The van der Waals surface area contributed by atoms with Crippen molar-refractivity contribution in [2.45, 2.75) is 24.9 Å². The van der Waals surface area contributed by atoms with E-state index in [-0.39, 0.29) is 31.1 Å². The minimum atomic E-state index is -5.03. The van der Waals surface area contributed by atoms with Crippen molar-refractivity contribution in [3.8, 4) is 5.75 Å². The third-order valence-corrected chi connectivity index (χ3v) is 6.25. The summed E-state index contributed by atoms with van der Waals surface area (Å²) >= 11 is 0. The molecule has 4 heterocycles. The number of nitrogen functional groups attached to an aromatic ring is 1. The Balaban J connectivity index is 1.38. The molecule has 4 aromatic rings. The first-order chi connectivity index (χ1) is 16.7. The van der Waals surface area contributed by atoms with E-state index in [1.54, 1.807) is 23.0 Å². The number of carbonyl (C=O) groups excluding carboxylic acids is 1. The summed E-state index contributed by atoms with van der Waals surface area (Å²) in [5.41, 5.74) is 8.48. The summed E-state index contributed by atoms with van der Waals surface area (Å²) in [6, 6.07) is 2.88. The van der Waals surface area contributed by atoms with Crippen molar-refractivity contribution in [3.05, 3.63) is 59.6 Å². The molecule has 1 fully saturated rings. The second-order valence-electron chi connectivity index (χ2n) is 8.29. The quantitative estimate of drug-likeness (QED) is 0.432. The lowest BCUT2D eigenvalue weighted by atomic mass is 10.0. The van der Waals surface area contributed by atoms with Crippen molar-refractivity contribution in [2.24, 2.45) is 0 Å². The standard InChI is InChI=1S/C22H16F4N6O3/c23-12-5-11-10(3-17(12)35-22(24,25)26)4-18-19(11)31(1-2-34-18)21(33)13-6-15-14(7-29-13)30-20(27)16-8-28-9-32(15)16/h3,5-9,18-19H,1-2,4H2,(H2,27,30)/t18-,19+/m1/s1. The number of amides is 1. The van der Waals surface area contributed by atoms with Gasteiger partial charge in [-0.25, -0.2) is 19.3 Å². The summed E-state index contributed by atoms with van der Waals surface area (Å²) in [6.45, 7) is 0.411. The van der Waals surface area contributed by atoms with E-state index in [1.165, 1.54) is 11.1 Å². The molecule has 2 atom stereocenters. The van der Waals surface area contributed by atoms with Crippen LogP contribution in [-0.4, -0.2) is 55.8 Å². The predicted octanol–water partition coefficient (Wildman–Crippen LogP) is 3.04. The molecule has 9 nitrogen and oxygen atoms in total. The van der Waals surface area contributed by atoms with Gasteiger partial charge < -0.3 is 20.1 Å². The first-order valence-corrected chi connectivity index (χ1v) is 10.6. The van der Waals surface area contributed by atoms with E-state index < -0.39 is 36.0 Å².